The van der Waals surface area contributed by atoms with Crippen LogP contribution in [0.5, 0.6) is 5.75 Å². The monoisotopic (exact) mass is 414 g/mol. The first kappa shape index (κ1) is 20.6. The summed E-state index contributed by atoms with van der Waals surface area (Å²) in [6.45, 7) is 6.07. The molecule has 0 spiro atoms. The number of aryl methyl sites for hydroxylation is 2. The normalized spacial score (nSPS) is 13.1. The highest BCUT2D eigenvalue weighted by atomic mass is 16.5. The highest BCUT2D eigenvalue weighted by Crippen LogP contribution is 2.23. The zero-order chi connectivity index (χ0) is 21.8. The van der Waals surface area contributed by atoms with Gasteiger partial charge in [-0.1, -0.05) is 42.0 Å². The molecule has 0 bridgehead atoms. The molecule has 0 unspecified atom stereocenters. The molecule has 0 saturated carbocycles. The maximum atomic E-state index is 12.9. The first-order valence-corrected chi connectivity index (χ1v) is 10.3. The molecule has 0 saturated heterocycles. The SMILES string of the molecule is Cc1ccc(NC(=O)c2cc(C)ccc2OCc2ccc(C3=NCCN3C)cc2)nc1. The average molecular weight is 415 g/mol. The van der Waals surface area contributed by atoms with E-state index in [4.69, 9.17) is 4.74 Å². The molecule has 2 heterocycles. The number of pyridine rings is 1. The van der Waals surface area contributed by atoms with Crippen LogP contribution in [0.1, 0.15) is 32.6 Å². The number of rotatable bonds is 6. The van der Waals surface area contributed by atoms with Crippen LogP contribution >= 0.6 is 0 Å². The van der Waals surface area contributed by atoms with Gasteiger partial charge in [0.2, 0.25) is 0 Å². The summed E-state index contributed by atoms with van der Waals surface area (Å²) in [7, 11) is 2.05. The van der Waals surface area contributed by atoms with Crippen LogP contribution in [0.4, 0.5) is 5.82 Å². The van der Waals surface area contributed by atoms with Crippen molar-refractivity contribution in [3.8, 4) is 5.75 Å². The third-order valence-electron chi connectivity index (χ3n) is 5.20. The minimum Gasteiger partial charge on any atom is -0.488 e. The second-order valence-corrected chi connectivity index (χ2v) is 7.79. The summed E-state index contributed by atoms with van der Waals surface area (Å²) in [6.07, 6.45) is 1.72. The van der Waals surface area contributed by atoms with Gasteiger partial charge in [-0.2, -0.15) is 0 Å². The standard InChI is InChI=1S/C25H26N4O2/c1-17-4-10-22(21(14-17)25(30)28-23-11-5-18(2)15-27-23)31-16-19-6-8-20(9-7-19)24-26-12-13-29(24)3/h4-11,14-15H,12-13,16H2,1-3H3,(H,27,28,30). The van der Waals surface area contributed by atoms with E-state index in [1.807, 2.05) is 50.2 Å². The maximum absolute atomic E-state index is 12.9. The number of aromatic nitrogens is 1. The number of hydrogen-bond acceptors (Lipinski definition) is 5. The lowest BCUT2D eigenvalue weighted by molar-refractivity contribution is 0.102. The van der Waals surface area contributed by atoms with Gasteiger partial charge in [-0.25, -0.2) is 4.98 Å². The zero-order valence-electron chi connectivity index (χ0n) is 18.1. The fourth-order valence-electron chi connectivity index (χ4n) is 3.43. The number of likely N-dealkylation sites (N-methyl/N-ethyl adjacent to an activating group) is 1. The Morgan fingerprint density at radius 1 is 1.06 bits per heavy atom. The topological polar surface area (TPSA) is 66.8 Å². The molecule has 3 aromatic rings. The van der Waals surface area contributed by atoms with Crippen LogP contribution in [0.2, 0.25) is 0 Å². The van der Waals surface area contributed by atoms with Gasteiger partial charge in [0.15, 0.2) is 0 Å². The summed E-state index contributed by atoms with van der Waals surface area (Å²) in [4.78, 5) is 23.8. The molecular weight excluding hydrogens is 388 g/mol. The Balaban J connectivity index is 1.46. The lowest BCUT2D eigenvalue weighted by Crippen LogP contribution is -2.23. The summed E-state index contributed by atoms with van der Waals surface area (Å²) >= 11 is 0. The van der Waals surface area contributed by atoms with E-state index in [2.05, 4.69) is 39.4 Å². The molecule has 0 atom stereocenters. The van der Waals surface area contributed by atoms with Crippen LogP contribution in [0.15, 0.2) is 65.8 Å². The van der Waals surface area contributed by atoms with Crippen molar-refractivity contribution in [1.82, 2.24) is 9.88 Å². The Bertz CT molecular complexity index is 1110. The average Bonchev–Trinajstić information content (AvgIpc) is 3.20. The van der Waals surface area contributed by atoms with Gasteiger partial charge in [-0.3, -0.25) is 9.79 Å². The molecule has 1 aromatic heterocycles. The number of carbonyl (C=O) groups excluding carboxylic acids is 1. The van der Waals surface area contributed by atoms with Crippen molar-refractivity contribution in [3.63, 3.8) is 0 Å². The summed E-state index contributed by atoms with van der Waals surface area (Å²) in [5, 5.41) is 2.85. The van der Waals surface area contributed by atoms with Crippen molar-refractivity contribution in [1.29, 1.82) is 0 Å². The number of nitrogens with zero attached hydrogens (tertiary/aromatic N) is 3. The molecule has 6 heteroatoms. The van der Waals surface area contributed by atoms with Gasteiger partial charge in [-0.05, 0) is 43.2 Å². The van der Waals surface area contributed by atoms with Gasteiger partial charge in [0, 0.05) is 25.4 Å². The van der Waals surface area contributed by atoms with Crippen LogP contribution in [0.25, 0.3) is 0 Å². The number of ether oxygens (including phenoxy) is 1. The second kappa shape index (κ2) is 9.00. The molecule has 0 fully saturated rings. The van der Waals surface area contributed by atoms with Crippen molar-refractivity contribution >= 4 is 17.6 Å². The van der Waals surface area contributed by atoms with E-state index in [1.54, 1.807) is 12.3 Å². The summed E-state index contributed by atoms with van der Waals surface area (Å²) < 4.78 is 6.02. The first-order valence-electron chi connectivity index (χ1n) is 10.3. The Hall–Kier alpha value is -3.67. The number of benzene rings is 2. The summed E-state index contributed by atoms with van der Waals surface area (Å²) in [5.74, 6) is 1.83. The highest BCUT2D eigenvalue weighted by Gasteiger charge is 2.16. The number of hydrogen-bond donors (Lipinski definition) is 1. The van der Waals surface area contributed by atoms with Crippen molar-refractivity contribution in [2.45, 2.75) is 20.5 Å². The number of aliphatic imine (C=N–C) groups is 1. The molecule has 4 rings (SSSR count). The number of anilines is 1. The largest absolute Gasteiger partial charge is 0.488 e. The fraction of sp³-hybridized carbons (Fsp3) is 0.240. The van der Waals surface area contributed by atoms with Gasteiger partial charge >= 0.3 is 0 Å². The Labute approximate surface area is 182 Å². The molecule has 1 amide bonds. The lowest BCUT2D eigenvalue weighted by Gasteiger charge is -2.15. The minimum atomic E-state index is -0.243. The number of carbonyl (C=O) groups is 1. The molecule has 6 nitrogen and oxygen atoms in total. The van der Waals surface area contributed by atoms with Crippen LogP contribution < -0.4 is 10.1 Å². The third kappa shape index (κ3) is 4.91. The predicted molar refractivity (Wildman–Crippen MR) is 123 cm³/mol. The number of amidine groups is 1. The van der Waals surface area contributed by atoms with Crippen molar-refractivity contribution < 1.29 is 9.53 Å². The molecule has 1 N–H and O–H groups in total. The number of amides is 1. The molecule has 1 aliphatic rings. The zero-order valence-corrected chi connectivity index (χ0v) is 18.1. The second-order valence-electron chi connectivity index (χ2n) is 7.79. The molecule has 158 valence electrons. The lowest BCUT2D eigenvalue weighted by atomic mass is 10.1. The Morgan fingerprint density at radius 3 is 2.52 bits per heavy atom. The molecule has 0 aliphatic carbocycles. The van der Waals surface area contributed by atoms with Crippen LogP contribution in [0, 0.1) is 13.8 Å². The van der Waals surface area contributed by atoms with Gasteiger partial charge in [-0.15, -0.1) is 0 Å². The molecular formula is C25H26N4O2. The Kier molecular flexibility index (Phi) is 5.98. The van der Waals surface area contributed by atoms with E-state index in [9.17, 15) is 4.79 Å². The van der Waals surface area contributed by atoms with Crippen LogP contribution in [0.3, 0.4) is 0 Å². The smallest absolute Gasteiger partial charge is 0.260 e. The minimum absolute atomic E-state index is 0.243. The van der Waals surface area contributed by atoms with Crippen molar-refractivity contribution in [3.05, 3.63) is 88.6 Å². The first-order chi connectivity index (χ1) is 15.0. The van der Waals surface area contributed by atoms with Crippen LogP contribution in [-0.4, -0.2) is 41.8 Å². The maximum Gasteiger partial charge on any atom is 0.260 e. The van der Waals surface area contributed by atoms with Gasteiger partial charge in [0.1, 0.15) is 24.0 Å². The van der Waals surface area contributed by atoms with E-state index >= 15 is 0 Å². The fourth-order valence-corrected chi connectivity index (χ4v) is 3.43. The van der Waals surface area contributed by atoms with Crippen LogP contribution in [-0.2, 0) is 6.61 Å². The molecule has 1 aliphatic heterocycles. The van der Waals surface area contributed by atoms with Gasteiger partial charge < -0.3 is 15.0 Å². The number of nitrogens with one attached hydrogen (secondary N) is 1. The highest BCUT2D eigenvalue weighted by molar-refractivity contribution is 6.05. The predicted octanol–water partition coefficient (Wildman–Crippen LogP) is 4.22. The Morgan fingerprint density at radius 2 is 1.84 bits per heavy atom. The van der Waals surface area contributed by atoms with Gasteiger partial charge in [0.05, 0.1) is 12.1 Å². The van der Waals surface area contributed by atoms with E-state index in [0.29, 0.717) is 23.7 Å². The van der Waals surface area contributed by atoms with Gasteiger partial charge in [0.25, 0.3) is 5.91 Å². The summed E-state index contributed by atoms with van der Waals surface area (Å²) in [6, 6.07) is 17.5. The van der Waals surface area contributed by atoms with Crippen molar-refractivity contribution in [2.75, 3.05) is 25.5 Å². The van der Waals surface area contributed by atoms with E-state index in [-0.39, 0.29) is 5.91 Å². The van der Waals surface area contributed by atoms with E-state index in [1.165, 1.54) is 0 Å². The third-order valence-corrected chi connectivity index (χ3v) is 5.20. The molecule has 0 radical (unpaired) electrons. The molecule has 31 heavy (non-hydrogen) atoms. The van der Waals surface area contributed by atoms with E-state index < -0.39 is 0 Å². The molecule has 2 aromatic carbocycles. The van der Waals surface area contributed by atoms with E-state index in [0.717, 1.165) is 41.2 Å². The summed E-state index contributed by atoms with van der Waals surface area (Å²) in [5.41, 5.74) is 4.64. The van der Waals surface area contributed by atoms with Crippen molar-refractivity contribution in [2.24, 2.45) is 4.99 Å². The quantitative estimate of drug-likeness (QED) is 0.656.